The van der Waals surface area contributed by atoms with Crippen molar-refractivity contribution in [1.29, 1.82) is 0 Å². The van der Waals surface area contributed by atoms with Crippen LogP contribution in [0.25, 0.3) is 16.9 Å². The van der Waals surface area contributed by atoms with E-state index in [0.717, 1.165) is 4.57 Å². The van der Waals surface area contributed by atoms with Crippen molar-refractivity contribution in [2.24, 2.45) is 0 Å². The summed E-state index contributed by atoms with van der Waals surface area (Å²) in [4.78, 5) is 40.1. The first-order valence-corrected chi connectivity index (χ1v) is 8.99. The second kappa shape index (κ2) is 8.95. The molecule has 0 spiro atoms. The standard InChI is InChI=1S/C18H20N6O5/c1-3-28-13-7-5-12(6-8-13)24-17-16(21-22-24)18(27)23(11-20-17)10-14(25)19-9-15(26)29-4-2/h5-8,11H,3-4,9-10H2,1-2H3,(H,19,25). The molecule has 0 radical (unpaired) electrons. The number of esters is 1. The normalized spacial score (nSPS) is 10.7. The average molecular weight is 400 g/mol. The molecule has 1 N–H and O–H groups in total. The lowest BCUT2D eigenvalue weighted by atomic mass is 10.3. The van der Waals surface area contributed by atoms with Gasteiger partial charge < -0.3 is 14.8 Å². The molecule has 0 saturated heterocycles. The third kappa shape index (κ3) is 4.57. The molecular formula is C18H20N6O5. The number of ether oxygens (including phenoxy) is 2. The van der Waals surface area contributed by atoms with Gasteiger partial charge in [-0.3, -0.25) is 19.0 Å². The molecule has 152 valence electrons. The molecule has 0 unspecified atom stereocenters. The van der Waals surface area contributed by atoms with Crippen molar-refractivity contribution in [2.75, 3.05) is 19.8 Å². The highest BCUT2D eigenvalue weighted by Gasteiger charge is 2.15. The quantitative estimate of drug-likeness (QED) is 0.525. The van der Waals surface area contributed by atoms with Crippen LogP contribution in [-0.2, 0) is 20.9 Å². The van der Waals surface area contributed by atoms with E-state index in [0.29, 0.717) is 18.0 Å². The lowest BCUT2D eigenvalue weighted by molar-refractivity contribution is -0.143. The van der Waals surface area contributed by atoms with Gasteiger partial charge in [0.1, 0.15) is 25.2 Å². The Kier molecular flexibility index (Phi) is 6.17. The first kappa shape index (κ1) is 20.0. The van der Waals surface area contributed by atoms with Crippen LogP contribution in [0.15, 0.2) is 35.4 Å². The first-order valence-electron chi connectivity index (χ1n) is 8.99. The van der Waals surface area contributed by atoms with E-state index in [1.54, 1.807) is 31.2 Å². The highest BCUT2D eigenvalue weighted by atomic mass is 16.5. The van der Waals surface area contributed by atoms with Gasteiger partial charge in [0, 0.05) is 0 Å². The number of nitrogens with one attached hydrogen (secondary N) is 1. The number of rotatable bonds is 8. The third-order valence-corrected chi connectivity index (χ3v) is 3.87. The van der Waals surface area contributed by atoms with Crippen molar-refractivity contribution < 1.29 is 19.1 Å². The molecule has 29 heavy (non-hydrogen) atoms. The predicted molar refractivity (Wildman–Crippen MR) is 102 cm³/mol. The van der Waals surface area contributed by atoms with Crippen LogP contribution in [0.3, 0.4) is 0 Å². The molecule has 0 bridgehead atoms. The number of aromatic nitrogens is 5. The monoisotopic (exact) mass is 400 g/mol. The highest BCUT2D eigenvalue weighted by molar-refractivity contribution is 5.82. The summed E-state index contributed by atoms with van der Waals surface area (Å²) in [5.74, 6) is -0.370. The molecule has 0 fully saturated rings. The molecule has 2 aromatic heterocycles. The number of benzene rings is 1. The van der Waals surface area contributed by atoms with Crippen molar-refractivity contribution in [3.05, 3.63) is 40.9 Å². The van der Waals surface area contributed by atoms with Crippen LogP contribution in [-0.4, -0.2) is 56.2 Å². The molecule has 3 aromatic rings. The molecule has 0 aliphatic carbocycles. The Morgan fingerprint density at radius 1 is 1.14 bits per heavy atom. The summed E-state index contributed by atoms with van der Waals surface area (Å²) in [5.41, 5.74) is 0.438. The van der Waals surface area contributed by atoms with Crippen LogP contribution in [0.5, 0.6) is 5.75 Å². The number of carbonyl (C=O) groups is 2. The molecule has 3 rings (SSSR count). The second-order valence-corrected chi connectivity index (χ2v) is 5.86. The van der Waals surface area contributed by atoms with E-state index >= 15 is 0 Å². The van der Waals surface area contributed by atoms with Crippen molar-refractivity contribution in [2.45, 2.75) is 20.4 Å². The van der Waals surface area contributed by atoms with Gasteiger partial charge in [-0.15, -0.1) is 5.10 Å². The Hall–Kier alpha value is -3.76. The summed E-state index contributed by atoms with van der Waals surface area (Å²) in [7, 11) is 0. The van der Waals surface area contributed by atoms with E-state index in [2.05, 4.69) is 20.6 Å². The Morgan fingerprint density at radius 3 is 2.59 bits per heavy atom. The summed E-state index contributed by atoms with van der Waals surface area (Å²) in [6.45, 7) is 3.76. The van der Waals surface area contributed by atoms with E-state index in [1.807, 2.05) is 6.92 Å². The fourth-order valence-electron chi connectivity index (χ4n) is 2.57. The number of carbonyl (C=O) groups excluding carboxylic acids is 2. The van der Waals surface area contributed by atoms with Gasteiger partial charge >= 0.3 is 5.97 Å². The van der Waals surface area contributed by atoms with Crippen molar-refractivity contribution in [3.8, 4) is 11.4 Å². The highest BCUT2D eigenvalue weighted by Crippen LogP contribution is 2.16. The zero-order valence-corrected chi connectivity index (χ0v) is 16.0. The summed E-state index contributed by atoms with van der Waals surface area (Å²) >= 11 is 0. The molecule has 0 atom stereocenters. The van der Waals surface area contributed by atoms with Crippen LogP contribution in [0.2, 0.25) is 0 Å². The molecular weight excluding hydrogens is 380 g/mol. The summed E-state index contributed by atoms with van der Waals surface area (Å²) in [6, 6.07) is 7.10. The minimum atomic E-state index is -0.555. The van der Waals surface area contributed by atoms with E-state index in [4.69, 9.17) is 9.47 Å². The molecule has 11 heteroatoms. The van der Waals surface area contributed by atoms with E-state index < -0.39 is 17.4 Å². The zero-order valence-electron chi connectivity index (χ0n) is 16.0. The molecule has 0 saturated carbocycles. The van der Waals surface area contributed by atoms with Gasteiger partial charge in [-0.2, -0.15) is 4.68 Å². The van der Waals surface area contributed by atoms with Crippen molar-refractivity contribution in [3.63, 3.8) is 0 Å². The van der Waals surface area contributed by atoms with Crippen molar-refractivity contribution >= 4 is 23.0 Å². The lowest BCUT2D eigenvalue weighted by Crippen LogP contribution is -2.36. The first-order chi connectivity index (χ1) is 14.0. The Morgan fingerprint density at radius 2 is 1.90 bits per heavy atom. The zero-order chi connectivity index (χ0) is 20.8. The maximum Gasteiger partial charge on any atom is 0.325 e. The van der Waals surface area contributed by atoms with Crippen LogP contribution >= 0.6 is 0 Å². The van der Waals surface area contributed by atoms with Crippen LogP contribution in [0.1, 0.15) is 13.8 Å². The van der Waals surface area contributed by atoms with Gasteiger partial charge in [-0.1, -0.05) is 5.21 Å². The molecule has 2 heterocycles. The fraction of sp³-hybridized carbons (Fsp3) is 0.333. The largest absolute Gasteiger partial charge is 0.494 e. The minimum Gasteiger partial charge on any atom is -0.494 e. The number of hydrogen-bond donors (Lipinski definition) is 1. The van der Waals surface area contributed by atoms with Gasteiger partial charge in [0.05, 0.1) is 18.9 Å². The second-order valence-electron chi connectivity index (χ2n) is 5.86. The number of hydrogen-bond acceptors (Lipinski definition) is 8. The van der Waals surface area contributed by atoms with Gasteiger partial charge in [0.2, 0.25) is 5.91 Å². The Balaban J connectivity index is 1.78. The number of nitrogens with zero attached hydrogens (tertiary/aromatic N) is 5. The van der Waals surface area contributed by atoms with E-state index in [1.165, 1.54) is 11.0 Å². The van der Waals surface area contributed by atoms with E-state index in [9.17, 15) is 14.4 Å². The van der Waals surface area contributed by atoms with Crippen LogP contribution in [0.4, 0.5) is 0 Å². The molecule has 1 amide bonds. The topological polar surface area (TPSA) is 130 Å². The number of amides is 1. The minimum absolute atomic E-state index is 0.0274. The molecule has 0 aliphatic rings. The molecule has 11 nitrogen and oxygen atoms in total. The maximum absolute atomic E-state index is 12.6. The molecule has 0 aliphatic heterocycles. The molecule has 1 aromatic carbocycles. The smallest absolute Gasteiger partial charge is 0.325 e. The lowest BCUT2D eigenvalue weighted by Gasteiger charge is -2.07. The average Bonchev–Trinajstić information content (AvgIpc) is 3.14. The summed E-state index contributed by atoms with van der Waals surface area (Å²) in [6.07, 6.45) is 1.24. The van der Waals surface area contributed by atoms with Crippen LogP contribution < -0.4 is 15.6 Å². The summed E-state index contributed by atoms with van der Waals surface area (Å²) < 4.78 is 12.7. The maximum atomic E-state index is 12.6. The third-order valence-electron chi connectivity index (χ3n) is 3.87. The fourth-order valence-corrected chi connectivity index (χ4v) is 2.57. The van der Waals surface area contributed by atoms with Crippen molar-refractivity contribution in [1.82, 2.24) is 29.9 Å². The number of fused-ring (bicyclic) bond motifs is 1. The van der Waals surface area contributed by atoms with Gasteiger partial charge in [-0.25, -0.2) is 4.98 Å². The Labute approximate surface area is 165 Å². The van der Waals surface area contributed by atoms with Gasteiger partial charge in [-0.05, 0) is 38.1 Å². The van der Waals surface area contributed by atoms with Gasteiger partial charge in [0.25, 0.3) is 5.56 Å². The predicted octanol–water partition coefficient (Wildman–Crippen LogP) is 0.0552. The Bertz CT molecular complexity index is 1070. The SMILES string of the molecule is CCOC(=O)CNC(=O)Cn1cnc2c(nnn2-c2ccc(OCC)cc2)c1=O. The summed E-state index contributed by atoms with van der Waals surface area (Å²) in [5, 5.41) is 10.3. The van der Waals surface area contributed by atoms with Gasteiger partial charge in [0.15, 0.2) is 11.2 Å². The van der Waals surface area contributed by atoms with Crippen LogP contribution in [0, 0.1) is 0 Å². The van der Waals surface area contributed by atoms with E-state index in [-0.39, 0.29) is 30.9 Å².